The number of carbonyl (C=O) groups excluding carboxylic acids is 2. The second-order valence-electron chi connectivity index (χ2n) is 7.06. The highest BCUT2D eigenvalue weighted by Crippen LogP contribution is 2.35. The lowest BCUT2D eigenvalue weighted by Gasteiger charge is -2.21. The highest BCUT2D eigenvalue weighted by Gasteiger charge is 2.22. The van der Waals surface area contributed by atoms with Crippen molar-refractivity contribution >= 4 is 23.6 Å². The van der Waals surface area contributed by atoms with E-state index in [-0.39, 0.29) is 17.1 Å². The summed E-state index contributed by atoms with van der Waals surface area (Å²) in [6.07, 6.45) is 4.94. The van der Waals surface area contributed by atoms with E-state index in [1.165, 1.54) is 24.6 Å². The van der Waals surface area contributed by atoms with E-state index in [2.05, 4.69) is 5.32 Å². The molecular formula is C23H28N2O2S. The van der Waals surface area contributed by atoms with Gasteiger partial charge in [0.25, 0.3) is 0 Å². The van der Waals surface area contributed by atoms with Gasteiger partial charge in [0.05, 0.1) is 0 Å². The van der Waals surface area contributed by atoms with Crippen LogP contribution >= 0.6 is 11.8 Å². The molecule has 1 heterocycles. The van der Waals surface area contributed by atoms with Gasteiger partial charge in [0, 0.05) is 31.0 Å². The molecule has 1 saturated heterocycles. The molecule has 0 bridgehead atoms. The summed E-state index contributed by atoms with van der Waals surface area (Å²) >= 11 is 1.53. The number of thioether (sulfide) groups is 1. The molecule has 4 nitrogen and oxygen atoms in total. The Balaban J connectivity index is 1.57. The van der Waals surface area contributed by atoms with Crippen LogP contribution in [-0.2, 0) is 9.59 Å². The lowest BCUT2D eigenvalue weighted by atomic mass is 10.1. The van der Waals surface area contributed by atoms with Gasteiger partial charge < -0.3 is 10.2 Å². The molecule has 0 aliphatic carbocycles. The third-order valence-corrected chi connectivity index (χ3v) is 6.20. The lowest BCUT2D eigenvalue weighted by Crippen LogP contribution is -2.36. The molecule has 1 aliphatic heterocycles. The second kappa shape index (κ2) is 10.9. The summed E-state index contributed by atoms with van der Waals surface area (Å²) in [5.41, 5.74) is 0.965. The molecule has 148 valence electrons. The van der Waals surface area contributed by atoms with Crippen LogP contribution in [0.3, 0.4) is 0 Å². The van der Waals surface area contributed by atoms with E-state index in [1.807, 2.05) is 65.6 Å². The first-order valence-corrected chi connectivity index (χ1v) is 10.9. The van der Waals surface area contributed by atoms with Crippen LogP contribution in [0.1, 0.15) is 42.9 Å². The van der Waals surface area contributed by atoms with Gasteiger partial charge in [-0.25, -0.2) is 0 Å². The van der Waals surface area contributed by atoms with E-state index in [0.717, 1.165) is 36.4 Å². The Kier molecular flexibility index (Phi) is 7.97. The van der Waals surface area contributed by atoms with Crippen LogP contribution in [0, 0.1) is 0 Å². The molecular weight excluding hydrogens is 368 g/mol. The van der Waals surface area contributed by atoms with Gasteiger partial charge >= 0.3 is 0 Å². The van der Waals surface area contributed by atoms with E-state index >= 15 is 0 Å². The predicted molar refractivity (Wildman–Crippen MR) is 114 cm³/mol. The summed E-state index contributed by atoms with van der Waals surface area (Å²) in [4.78, 5) is 28.3. The predicted octanol–water partition coefficient (Wildman–Crippen LogP) is 4.43. The van der Waals surface area contributed by atoms with Crippen molar-refractivity contribution in [2.24, 2.45) is 0 Å². The minimum atomic E-state index is -0.336. The van der Waals surface area contributed by atoms with Crippen LogP contribution < -0.4 is 5.32 Å². The molecule has 2 amide bonds. The van der Waals surface area contributed by atoms with Gasteiger partial charge in [-0.1, -0.05) is 61.4 Å². The molecule has 0 aromatic heterocycles. The van der Waals surface area contributed by atoms with Gasteiger partial charge in [-0.3, -0.25) is 9.59 Å². The van der Waals surface area contributed by atoms with Crippen molar-refractivity contribution in [3.63, 3.8) is 0 Å². The molecule has 0 saturated carbocycles. The normalized spacial score (nSPS) is 15.5. The van der Waals surface area contributed by atoms with Crippen molar-refractivity contribution in [3.05, 3.63) is 66.2 Å². The molecule has 1 fully saturated rings. The zero-order valence-corrected chi connectivity index (χ0v) is 17.0. The van der Waals surface area contributed by atoms with E-state index in [9.17, 15) is 9.59 Å². The maximum Gasteiger partial charge on any atom is 0.238 e. The second-order valence-corrected chi connectivity index (χ2v) is 8.24. The van der Waals surface area contributed by atoms with Crippen molar-refractivity contribution in [3.8, 4) is 0 Å². The largest absolute Gasteiger partial charge is 0.354 e. The van der Waals surface area contributed by atoms with Crippen molar-refractivity contribution < 1.29 is 9.59 Å². The van der Waals surface area contributed by atoms with Gasteiger partial charge in [-0.05, 0) is 30.5 Å². The minimum Gasteiger partial charge on any atom is -0.354 e. The van der Waals surface area contributed by atoms with Crippen molar-refractivity contribution in [2.45, 2.75) is 42.2 Å². The maximum absolute atomic E-state index is 12.9. The van der Waals surface area contributed by atoms with Gasteiger partial charge in [0.1, 0.15) is 5.25 Å². The fourth-order valence-electron chi connectivity index (χ4n) is 3.40. The molecule has 28 heavy (non-hydrogen) atoms. The SMILES string of the molecule is O=C(NCCC(=O)N1CCCCCC1)C(Sc1ccccc1)c1ccccc1. The van der Waals surface area contributed by atoms with Crippen LogP contribution in [0.25, 0.3) is 0 Å². The zero-order valence-electron chi connectivity index (χ0n) is 16.2. The Morgan fingerprint density at radius 2 is 1.50 bits per heavy atom. The molecule has 1 N–H and O–H groups in total. The number of likely N-dealkylation sites (tertiary alicyclic amines) is 1. The van der Waals surface area contributed by atoms with Crippen molar-refractivity contribution in [1.82, 2.24) is 10.2 Å². The van der Waals surface area contributed by atoms with E-state index in [1.54, 1.807) is 0 Å². The summed E-state index contributed by atoms with van der Waals surface area (Å²) in [7, 11) is 0. The first-order valence-electron chi connectivity index (χ1n) is 10.1. The number of amides is 2. The molecule has 0 radical (unpaired) electrons. The van der Waals surface area contributed by atoms with Crippen LogP contribution in [0.2, 0.25) is 0 Å². The number of hydrogen-bond acceptors (Lipinski definition) is 3. The highest BCUT2D eigenvalue weighted by atomic mass is 32.2. The maximum atomic E-state index is 12.9. The zero-order chi connectivity index (χ0) is 19.6. The topological polar surface area (TPSA) is 49.4 Å². The Morgan fingerprint density at radius 1 is 0.893 bits per heavy atom. The number of carbonyl (C=O) groups is 2. The number of nitrogens with one attached hydrogen (secondary N) is 1. The van der Waals surface area contributed by atoms with Crippen LogP contribution in [-0.4, -0.2) is 36.3 Å². The smallest absolute Gasteiger partial charge is 0.238 e. The monoisotopic (exact) mass is 396 g/mol. The standard InChI is InChI=1S/C23H28N2O2S/c26-21(25-17-9-1-2-10-18-25)15-16-24-23(27)22(19-11-5-3-6-12-19)28-20-13-7-4-8-14-20/h3-8,11-14,22H,1-2,9-10,15-18H2,(H,24,27). The number of benzene rings is 2. The Hall–Kier alpha value is -2.27. The number of rotatable bonds is 7. The van der Waals surface area contributed by atoms with Crippen LogP contribution in [0.5, 0.6) is 0 Å². The molecule has 5 heteroatoms. The van der Waals surface area contributed by atoms with Crippen LogP contribution in [0.4, 0.5) is 0 Å². The fourth-order valence-corrected chi connectivity index (χ4v) is 4.47. The summed E-state index contributed by atoms with van der Waals surface area (Å²) < 4.78 is 0. The third-order valence-electron chi connectivity index (χ3n) is 4.93. The minimum absolute atomic E-state index is 0.0521. The third kappa shape index (κ3) is 6.13. The number of nitrogens with zero attached hydrogens (tertiary/aromatic N) is 1. The quantitative estimate of drug-likeness (QED) is 0.705. The first kappa shape index (κ1) is 20.5. The van der Waals surface area contributed by atoms with Gasteiger partial charge in [0.15, 0.2) is 0 Å². The van der Waals surface area contributed by atoms with E-state index in [4.69, 9.17) is 0 Å². The van der Waals surface area contributed by atoms with Gasteiger partial charge in [0.2, 0.25) is 11.8 Å². The van der Waals surface area contributed by atoms with Gasteiger partial charge in [-0.2, -0.15) is 0 Å². The number of hydrogen-bond donors (Lipinski definition) is 1. The van der Waals surface area contributed by atoms with Gasteiger partial charge in [-0.15, -0.1) is 11.8 Å². The molecule has 1 aliphatic rings. The molecule has 3 rings (SSSR count). The van der Waals surface area contributed by atoms with E-state index < -0.39 is 0 Å². The summed E-state index contributed by atoms with van der Waals surface area (Å²) in [6.45, 7) is 2.08. The van der Waals surface area contributed by atoms with Crippen molar-refractivity contribution in [2.75, 3.05) is 19.6 Å². The first-order chi connectivity index (χ1) is 13.7. The lowest BCUT2D eigenvalue weighted by molar-refractivity contribution is -0.131. The fraction of sp³-hybridized carbons (Fsp3) is 0.391. The summed E-state index contributed by atoms with van der Waals surface area (Å²) in [5, 5.41) is 2.64. The molecule has 1 atom stereocenters. The molecule has 2 aromatic rings. The van der Waals surface area contributed by atoms with Crippen molar-refractivity contribution in [1.29, 1.82) is 0 Å². The van der Waals surface area contributed by atoms with E-state index in [0.29, 0.717) is 13.0 Å². The average molecular weight is 397 g/mol. The highest BCUT2D eigenvalue weighted by molar-refractivity contribution is 8.00. The van der Waals surface area contributed by atoms with Crippen LogP contribution in [0.15, 0.2) is 65.6 Å². The summed E-state index contributed by atoms with van der Waals surface area (Å²) in [5.74, 6) is 0.0953. The molecule has 1 unspecified atom stereocenters. The molecule has 0 spiro atoms. The Morgan fingerprint density at radius 3 is 2.14 bits per heavy atom. The Bertz CT molecular complexity index is 744. The summed E-state index contributed by atoms with van der Waals surface area (Å²) in [6, 6.07) is 19.7. The Labute approximate surface area is 171 Å². The molecule has 2 aromatic carbocycles. The average Bonchev–Trinajstić information content (AvgIpc) is 3.03.